The zero-order chi connectivity index (χ0) is 23.1. The molecule has 8 nitrogen and oxygen atoms in total. The number of carbonyl (C=O) groups is 2. The quantitative estimate of drug-likeness (QED) is 0.506. The zero-order valence-corrected chi connectivity index (χ0v) is 18.8. The summed E-state index contributed by atoms with van der Waals surface area (Å²) < 4.78 is 37.7. The van der Waals surface area contributed by atoms with Gasteiger partial charge >= 0.3 is 5.97 Å². The number of hydrogen-bond acceptors (Lipinski definition) is 6. The molecule has 0 spiro atoms. The first-order valence-corrected chi connectivity index (χ1v) is 11.6. The summed E-state index contributed by atoms with van der Waals surface area (Å²) in [6.07, 6.45) is 1.77. The average Bonchev–Trinajstić information content (AvgIpc) is 2.80. The number of nitrogens with one attached hydrogen (secondary N) is 1. The molecule has 0 radical (unpaired) electrons. The van der Waals surface area contributed by atoms with Crippen molar-refractivity contribution in [2.45, 2.75) is 24.8 Å². The molecule has 0 saturated carbocycles. The van der Waals surface area contributed by atoms with E-state index in [0.29, 0.717) is 24.5 Å². The van der Waals surface area contributed by atoms with E-state index in [1.54, 1.807) is 25.1 Å². The van der Waals surface area contributed by atoms with Crippen molar-refractivity contribution in [1.29, 1.82) is 0 Å². The second-order valence-corrected chi connectivity index (χ2v) is 9.22. The lowest BCUT2D eigenvalue weighted by molar-refractivity contribution is -0.148. The summed E-state index contributed by atoms with van der Waals surface area (Å²) in [6, 6.07) is 13.9. The van der Waals surface area contributed by atoms with E-state index in [0.717, 1.165) is 5.56 Å². The molecule has 1 fully saturated rings. The number of aryl methyl sites for hydroxylation is 1. The molecule has 1 amide bonds. The number of ether oxygens (including phenoxy) is 2. The molecule has 1 N–H and O–H groups in total. The topological polar surface area (TPSA) is 102 Å². The molecule has 9 heteroatoms. The largest absolute Gasteiger partial charge is 0.449 e. The van der Waals surface area contributed by atoms with Crippen molar-refractivity contribution in [3.63, 3.8) is 0 Å². The Labute approximate surface area is 187 Å². The van der Waals surface area contributed by atoms with Crippen molar-refractivity contribution >= 4 is 33.7 Å². The van der Waals surface area contributed by atoms with E-state index in [1.165, 1.54) is 23.4 Å². The maximum atomic E-state index is 13.0. The normalized spacial score (nSPS) is 15.9. The zero-order valence-electron chi connectivity index (χ0n) is 18.0. The van der Waals surface area contributed by atoms with Crippen molar-refractivity contribution in [3.8, 4) is 0 Å². The van der Waals surface area contributed by atoms with Crippen LogP contribution in [0.1, 0.15) is 18.1 Å². The molecule has 2 aromatic rings. The second kappa shape index (κ2) is 10.5. The van der Waals surface area contributed by atoms with Crippen molar-refractivity contribution in [3.05, 3.63) is 65.7 Å². The van der Waals surface area contributed by atoms with Gasteiger partial charge < -0.3 is 14.8 Å². The molecule has 1 aliphatic rings. The first-order chi connectivity index (χ1) is 15.3. The lowest BCUT2D eigenvalue weighted by Gasteiger charge is -2.27. The van der Waals surface area contributed by atoms with Gasteiger partial charge in [-0.05, 0) is 43.2 Å². The van der Waals surface area contributed by atoms with Crippen molar-refractivity contribution in [2.24, 2.45) is 0 Å². The predicted octanol–water partition coefficient (Wildman–Crippen LogP) is 2.60. The van der Waals surface area contributed by atoms with E-state index in [4.69, 9.17) is 9.47 Å². The minimum Gasteiger partial charge on any atom is -0.449 e. The van der Waals surface area contributed by atoms with E-state index in [-0.39, 0.29) is 18.0 Å². The maximum absolute atomic E-state index is 13.0. The Morgan fingerprint density at radius 1 is 1.12 bits per heavy atom. The van der Waals surface area contributed by atoms with Gasteiger partial charge in [-0.1, -0.05) is 36.4 Å². The number of morpholine rings is 1. The number of hydrogen-bond donors (Lipinski definition) is 1. The van der Waals surface area contributed by atoms with E-state index < -0.39 is 28.0 Å². The van der Waals surface area contributed by atoms with Crippen LogP contribution in [0, 0.1) is 6.92 Å². The molecule has 2 aromatic carbocycles. The number of amides is 1. The van der Waals surface area contributed by atoms with E-state index in [9.17, 15) is 18.0 Å². The third-order valence-corrected chi connectivity index (χ3v) is 6.96. The van der Waals surface area contributed by atoms with Crippen LogP contribution in [0.15, 0.2) is 59.5 Å². The molecular weight excluding hydrogens is 432 g/mol. The molecule has 32 heavy (non-hydrogen) atoms. The van der Waals surface area contributed by atoms with Crippen LogP contribution in [0.4, 0.5) is 5.69 Å². The fourth-order valence-electron chi connectivity index (χ4n) is 3.12. The molecule has 1 unspecified atom stereocenters. The monoisotopic (exact) mass is 458 g/mol. The highest BCUT2D eigenvalue weighted by Crippen LogP contribution is 2.24. The summed E-state index contributed by atoms with van der Waals surface area (Å²) >= 11 is 0. The Bertz CT molecular complexity index is 1090. The molecule has 1 aliphatic heterocycles. The highest BCUT2D eigenvalue weighted by molar-refractivity contribution is 7.89. The predicted molar refractivity (Wildman–Crippen MR) is 120 cm³/mol. The van der Waals surface area contributed by atoms with Gasteiger partial charge in [-0.25, -0.2) is 13.2 Å². The average molecular weight is 459 g/mol. The minimum atomic E-state index is -3.72. The number of sulfonamides is 1. The van der Waals surface area contributed by atoms with E-state index in [2.05, 4.69) is 5.32 Å². The molecule has 1 heterocycles. The molecule has 170 valence electrons. The van der Waals surface area contributed by atoms with E-state index in [1.807, 2.05) is 30.3 Å². The van der Waals surface area contributed by atoms with Crippen LogP contribution in [-0.2, 0) is 29.1 Å². The minimum absolute atomic E-state index is 0.118. The fraction of sp³-hybridized carbons (Fsp3) is 0.304. The summed E-state index contributed by atoms with van der Waals surface area (Å²) in [5, 5.41) is 2.62. The Hall–Kier alpha value is -3.01. The highest BCUT2D eigenvalue weighted by atomic mass is 32.2. The SMILES string of the molecule is Cc1ccc(NC(=O)C(C)OC(=O)/C=C/c2ccccc2)cc1S(=O)(=O)N1CCOCC1. The lowest BCUT2D eigenvalue weighted by atomic mass is 10.2. The van der Waals surface area contributed by atoms with Gasteiger partial charge in [-0.2, -0.15) is 4.31 Å². The molecule has 1 atom stereocenters. The summed E-state index contributed by atoms with van der Waals surface area (Å²) in [5.74, 6) is -1.22. The number of esters is 1. The standard InChI is InChI=1S/C23H26N2O6S/c1-17-8-10-20(16-21(17)32(28,29)25-12-14-30-15-13-25)24-23(27)18(2)31-22(26)11-9-19-6-4-3-5-7-19/h3-11,16,18H,12-15H2,1-2H3,(H,24,27)/b11-9+. The van der Waals surface area contributed by atoms with Gasteiger partial charge in [0, 0.05) is 24.9 Å². The van der Waals surface area contributed by atoms with Gasteiger partial charge in [-0.15, -0.1) is 0 Å². The van der Waals surface area contributed by atoms with E-state index >= 15 is 0 Å². The van der Waals surface area contributed by atoms with Gasteiger partial charge in [0.25, 0.3) is 5.91 Å². The fourth-order valence-corrected chi connectivity index (χ4v) is 4.78. The van der Waals surface area contributed by atoms with Crippen LogP contribution in [-0.4, -0.2) is 57.0 Å². The molecule has 3 rings (SSSR count). The maximum Gasteiger partial charge on any atom is 0.331 e. The third kappa shape index (κ3) is 6.03. The number of benzene rings is 2. The van der Waals surface area contributed by atoms with Crippen LogP contribution >= 0.6 is 0 Å². The first kappa shape index (κ1) is 23.6. The van der Waals surface area contributed by atoms with Gasteiger partial charge in [0.15, 0.2) is 6.10 Å². The molecule has 0 aromatic heterocycles. The molecular formula is C23H26N2O6S. The third-order valence-electron chi connectivity index (χ3n) is 4.92. The van der Waals surface area contributed by atoms with Crippen LogP contribution in [0.5, 0.6) is 0 Å². The van der Waals surface area contributed by atoms with Crippen LogP contribution in [0.25, 0.3) is 6.08 Å². The van der Waals surface area contributed by atoms with Crippen molar-refractivity contribution in [2.75, 3.05) is 31.6 Å². The number of nitrogens with zero attached hydrogens (tertiary/aromatic N) is 1. The Balaban J connectivity index is 1.65. The Kier molecular flexibility index (Phi) is 7.79. The summed E-state index contributed by atoms with van der Waals surface area (Å²) in [6.45, 7) is 4.39. The van der Waals surface area contributed by atoms with Crippen LogP contribution in [0.3, 0.4) is 0 Å². The highest BCUT2D eigenvalue weighted by Gasteiger charge is 2.28. The number of rotatable bonds is 7. The Morgan fingerprint density at radius 2 is 1.81 bits per heavy atom. The summed E-state index contributed by atoms with van der Waals surface area (Å²) in [4.78, 5) is 24.6. The second-order valence-electron chi connectivity index (χ2n) is 7.31. The Morgan fingerprint density at radius 3 is 2.50 bits per heavy atom. The number of carbonyl (C=O) groups excluding carboxylic acids is 2. The summed E-state index contributed by atoms with van der Waals surface area (Å²) in [5.41, 5.74) is 1.70. The first-order valence-electron chi connectivity index (χ1n) is 10.2. The van der Waals surface area contributed by atoms with Crippen LogP contribution < -0.4 is 5.32 Å². The van der Waals surface area contributed by atoms with Crippen LogP contribution in [0.2, 0.25) is 0 Å². The number of anilines is 1. The molecule has 0 aliphatic carbocycles. The molecule has 0 bridgehead atoms. The van der Waals surface area contributed by atoms with Gasteiger partial charge in [0.05, 0.1) is 18.1 Å². The molecule has 1 saturated heterocycles. The van der Waals surface area contributed by atoms with Gasteiger partial charge in [0.2, 0.25) is 10.0 Å². The van der Waals surface area contributed by atoms with Gasteiger partial charge in [0.1, 0.15) is 0 Å². The smallest absolute Gasteiger partial charge is 0.331 e. The van der Waals surface area contributed by atoms with Gasteiger partial charge in [-0.3, -0.25) is 4.79 Å². The lowest BCUT2D eigenvalue weighted by Crippen LogP contribution is -2.40. The van der Waals surface area contributed by atoms with Crippen molar-refractivity contribution < 1.29 is 27.5 Å². The van der Waals surface area contributed by atoms with Crippen molar-refractivity contribution in [1.82, 2.24) is 4.31 Å². The summed E-state index contributed by atoms with van der Waals surface area (Å²) in [7, 11) is -3.72.